The minimum absolute atomic E-state index is 0.307. The number of aryl methyl sites for hydroxylation is 1. The normalized spacial score (nSPS) is 13.6. The van der Waals surface area contributed by atoms with E-state index in [1.165, 1.54) is 17.7 Å². The van der Waals surface area contributed by atoms with Gasteiger partial charge in [-0.25, -0.2) is 4.39 Å². The number of nitriles is 1. The molecule has 21 heavy (non-hydrogen) atoms. The zero-order valence-electron chi connectivity index (χ0n) is 11.6. The molecule has 106 valence electrons. The van der Waals surface area contributed by atoms with Crippen LogP contribution < -0.4 is 10.6 Å². The van der Waals surface area contributed by atoms with E-state index in [4.69, 9.17) is 11.0 Å². The average Bonchev–Trinajstić information content (AvgIpc) is 2.47. The van der Waals surface area contributed by atoms with E-state index in [1.807, 2.05) is 18.2 Å². The molecule has 0 spiro atoms. The van der Waals surface area contributed by atoms with Crippen molar-refractivity contribution in [2.75, 3.05) is 17.2 Å². The van der Waals surface area contributed by atoms with E-state index in [-0.39, 0.29) is 5.82 Å². The van der Waals surface area contributed by atoms with Gasteiger partial charge >= 0.3 is 0 Å². The highest BCUT2D eigenvalue weighted by Gasteiger charge is 2.18. The van der Waals surface area contributed by atoms with Crippen LogP contribution in [-0.4, -0.2) is 6.54 Å². The van der Waals surface area contributed by atoms with Crippen molar-refractivity contribution < 1.29 is 4.39 Å². The van der Waals surface area contributed by atoms with Crippen LogP contribution in [0, 0.1) is 17.1 Å². The van der Waals surface area contributed by atoms with E-state index >= 15 is 0 Å². The molecule has 0 saturated carbocycles. The minimum atomic E-state index is -0.307. The molecule has 3 nitrogen and oxygen atoms in total. The number of hydrogen-bond acceptors (Lipinski definition) is 3. The summed E-state index contributed by atoms with van der Waals surface area (Å²) in [6, 6.07) is 12.3. The quantitative estimate of drug-likeness (QED) is 0.860. The molecule has 1 heterocycles. The highest BCUT2D eigenvalue weighted by molar-refractivity contribution is 5.61. The average molecular weight is 281 g/mol. The van der Waals surface area contributed by atoms with Crippen molar-refractivity contribution in [3.63, 3.8) is 0 Å². The van der Waals surface area contributed by atoms with Crippen molar-refractivity contribution in [1.82, 2.24) is 0 Å². The number of nitrogens with zero attached hydrogens (tertiary/aromatic N) is 2. The summed E-state index contributed by atoms with van der Waals surface area (Å²) < 4.78 is 13.4. The number of nitrogen functional groups attached to an aromatic ring is 1. The van der Waals surface area contributed by atoms with E-state index in [1.54, 1.807) is 6.07 Å². The van der Waals surface area contributed by atoms with Gasteiger partial charge in [0.1, 0.15) is 5.82 Å². The third-order valence-corrected chi connectivity index (χ3v) is 3.87. The number of nitrogens with two attached hydrogens (primary N) is 1. The first kappa shape index (κ1) is 13.4. The minimum Gasteiger partial charge on any atom is -0.399 e. The van der Waals surface area contributed by atoms with Gasteiger partial charge in [0.25, 0.3) is 0 Å². The van der Waals surface area contributed by atoms with Crippen molar-refractivity contribution in [2.24, 2.45) is 0 Å². The van der Waals surface area contributed by atoms with Gasteiger partial charge in [-0.05, 0) is 60.4 Å². The maximum atomic E-state index is 13.4. The van der Waals surface area contributed by atoms with Crippen molar-refractivity contribution in [1.29, 1.82) is 5.26 Å². The van der Waals surface area contributed by atoms with Crippen LogP contribution in [0.1, 0.15) is 23.1 Å². The Balaban J connectivity index is 1.94. The molecule has 0 bridgehead atoms. The van der Waals surface area contributed by atoms with Crippen LogP contribution in [0.2, 0.25) is 0 Å². The number of halogens is 1. The first-order valence-corrected chi connectivity index (χ1v) is 6.99. The molecule has 0 atom stereocenters. The molecule has 0 aromatic heterocycles. The van der Waals surface area contributed by atoms with Gasteiger partial charge in [0, 0.05) is 24.5 Å². The van der Waals surface area contributed by atoms with Crippen molar-refractivity contribution >= 4 is 11.4 Å². The van der Waals surface area contributed by atoms with Crippen LogP contribution >= 0.6 is 0 Å². The zero-order chi connectivity index (χ0) is 14.8. The highest BCUT2D eigenvalue weighted by atomic mass is 19.1. The van der Waals surface area contributed by atoms with Crippen LogP contribution in [0.25, 0.3) is 0 Å². The van der Waals surface area contributed by atoms with Crippen LogP contribution in [-0.2, 0) is 13.0 Å². The summed E-state index contributed by atoms with van der Waals surface area (Å²) >= 11 is 0. The molecule has 0 saturated heterocycles. The number of rotatable bonds is 2. The van der Waals surface area contributed by atoms with Crippen LogP contribution in [0.5, 0.6) is 0 Å². The molecule has 1 aliphatic heterocycles. The zero-order valence-corrected chi connectivity index (χ0v) is 11.6. The Bertz CT molecular complexity index is 718. The maximum absolute atomic E-state index is 13.4. The first-order valence-electron chi connectivity index (χ1n) is 6.99. The molecule has 2 N–H and O–H groups in total. The smallest absolute Gasteiger partial charge is 0.123 e. The lowest BCUT2D eigenvalue weighted by atomic mass is 9.99. The molecule has 1 aliphatic rings. The Morgan fingerprint density at radius 2 is 2.10 bits per heavy atom. The van der Waals surface area contributed by atoms with Crippen LogP contribution in [0.3, 0.4) is 0 Å². The third kappa shape index (κ3) is 2.68. The van der Waals surface area contributed by atoms with Crippen LogP contribution in [0.15, 0.2) is 36.4 Å². The molecule has 0 fully saturated rings. The summed E-state index contributed by atoms with van der Waals surface area (Å²) in [5.74, 6) is -0.307. The molecule has 2 aromatic rings. The highest BCUT2D eigenvalue weighted by Crippen LogP contribution is 2.30. The molecule has 0 radical (unpaired) electrons. The number of anilines is 2. The first-order chi connectivity index (χ1) is 10.2. The Morgan fingerprint density at radius 1 is 1.24 bits per heavy atom. The summed E-state index contributed by atoms with van der Waals surface area (Å²) in [5.41, 5.74) is 10.2. The second-order valence-corrected chi connectivity index (χ2v) is 5.33. The number of benzene rings is 2. The SMILES string of the molecule is N#Cc1ccc(F)cc1CN1CCCc2cc(N)ccc21. The Kier molecular flexibility index (Phi) is 3.49. The topological polar surface area (TPSA) is 53.0 Å². The molecule has 0 amide bonds. The van der Waals surface area contributed by atoms with E-state index < -0.39 is 0 Å². The third-order valence-electron chi connectivity index (χ3n) is 3.87. The summed E-state index contributed by atoms with van der Waals surface area (Å²) in [6.07, 6.45) is 2.04. The lowest BCUT2D eigenvalue weighted by molar-refractivity contribution is 0.622. The van der Waals surface area contributed by atoms with E-state index in [9.17, 15) is 4.39 Å². The summed E-state index contributed by atoms with van der Waals surface area (Å²) in [7, 11) is 0. The van der Waals surface area contributed by atoms with E-state index in [2.05, 4.69) is 11.0 Å². The second kappa shape index (κ2) is 5.45. The van der Waals surface area contributed by atoms with Gasteiger partial charge in [0.05, 0.1) is 11.6 Å². The van der Waals surface area contributed by atoms with Gasteiger partial charge in [0.2, 0.25) is 0 Å². The molecule has 4 heteroatoms. The lowest BCUT2D eigenvalue weighted by Crippen LogP contribution is -2.29. The molecule has 2 aromatic carbocycles. The molecular weight excluding hydrogens is 265 g/mol. The van der Waals surface area contributed by atoms with Gasteiger partial charge in [0.15, 0.2) is 0 Å². The second-order valence-electron chi connectivity index (χ2n) is 5.33. The predicted octanol–water partition coefficient (Wildman–Crippen LogP) is 3.23. The fraction of sp³-hybridized carbons (Fsp3) is 0.235. The van der Waals surface area contributed by atoms with Gasteiger partial charge < -0.3 is 10.6 Å². The Labute approximate surface area is 123 Å². The van der Waals surface area contributed by atoms with Gasteiger partial charge in [-0.2, -0.15) is 5.26 Å². The largest absolute Gasteiger partial charge is 0.399 e. The molecule has 3 rings (SSSR count). The molecule has 0 unspecified atom stereocenters. The van der Waals surface area contributed by atoms with Crippen molar-refractivity contribution in [3.05, 3.63) is 58.9 Å². The van der Waals surface area contributed by atoms with Crippen molar-refractivity contribution in [2.45, 2.75) is 19.4 Å². The maximum Gasteiger partial charge on any atom is 0.123 e. The van der Waals surface area contributed by atoms with E-state index in [0.29, 0.717) is 12.1 Å². The summed E-state index contributed by atoms with van der Waals surface area (Å²) in [4.78, 5) is 2.19. The monoisotopic (exact) mass is 281 g/mol. The summed E-state index contributed by atoms with van der Waals surface area (Å²) in [6.45, 7) is 1.44. The molecule has 0 aliphatic carbocycles. The standard InChI is InChI=1S/C17H16FN3/c18-15-4-3-13(10-19)14(8-15)11-21-7-1-2-12-9-16(20)5-6-17(12)21/h3-6,8-9H,1-2,7,11,20H2. The lowest BCUT2D eigenvalue weighted by Gasteiger charge is -2.31. The molecular formula is C17H16FN3. The predicted molar refractivity (Wildman–Crippen MR) is 81.3 cm³/mol. The van der Waals surface area contributed by atoms with E-state index in [0.717, 1.165) is 36.3 Å². The summed E-state index contributed by atoms with van der Waals surface area (Å²) in [5, 5.41) is 9.16. The fourth-order valence-corrected chi connectivity index (χ4v) is 2.87. The van der Waals surface area contributed by atoms with Crippen molar-refractivity contribution in [3.8, 4) is 6.07 Å². The van der Waals surface area contributed by atoms with Gasteiger partial charge in [-0.15, -0.1) is 0 Å². The fourth-order valence-electron chi connectivity index (χ4n) is 2.87. The Hall–Kier alpha value is -2.54. The Morgan fingerprint density at radius 3 is 2.90 bits per heavy atom. The van der Waals surface area contributed by atoms with Gasteiger partial charge in [-0.3, -0.25) is 0 Å². The number of fused-ring (bicyclic) bond motifs is 1. The van der Waals surface area contributed by atoms with Gasteiger partial charge in [-0.1, -0.05) is 0 Å². The number of hydrogen-bond donors (Lipinski definition) is 1. The van der Waals surface area contributed by atoms with Crippen LogP contribution in [0.4, 0.5) is 15.8 Å².